The molecule has 23 heavy (non-hydrogen) atoms. The Bertz CT molecular complexity index is 677. The van der Waals surface area contributed by atoms with Gasteiger partial charge in [0, 0.05) is 6.54 Å². The first-order chi connectivity index (χ1) is 11.0. The molecule has 1 aliphatic carbocycles. The Labute approximate surface area is 136 Å². The molecule has 5 heteroatoms. The van der Waals surface area contributed by atoms with Crippen LogP contribution in [-0.4, -0.2) is 24.7 Å². The molecule has 0 saturated heterocycles. The smallest absolute Gasteiger partial charge is 0.341 e. The largest absolute Gasteiger partial charge is 0.508 e. The minimum Gasteiger partial charge on any atom is -0.508 e. The van der Waals surface area contributed by atoms with Gasteiger partial charge in [0.2, 0.25) is 0 Å². The van der Waals surface area contributed by atoms with Crippen LogP contribution in [0.25, 0.3) is 0 Å². The minimum absolute atomic E-state index is 0.217. The van der Waals surface area contributed by atoms with Crippen LogP contribution < -0.4 is 10.6 Å². The number of methoxy groups -OCH3 is 1. The molecule has 1 aromatic carbocycles. The number of phenols is 1. The Balaban J connectivity index is 1.88. The average Bonchev–Trinajstić information content (AvgIpc) is 3.37. The zero-order chi connectivity index (χ0) is 16.4. The molecule has 1 aliphatic heterocycles. The summed E-state index contributed by atoms with van der Waals surface area (Å²) in [5.41, 5.74) is 0.900. The molecule has 0 bridgehead atoms. The van der Waals surface area contributed by atoms with Crippen LogP contribution in [0.5, 0.6) is 5.75 Å². The first kappa shape index (κ1) is 15.5. The molecule has 3 N–H and O–H groups in total. The number of hydrogen-bond acceptors (Lipinski definition) is 5. The molecule has 1 heterocycles. The molecule has 1 saturated carbocycles. The van der Waals surface area contributed by atoms with E-state index in [4.69, 9.17) is 4.74 Å². The van der Waals surface area contributed by atoms with Crippen molar-refractivity contribution in [1.82, 2.24) is 10.6 Å². The third kappa shape index (κ3) is 3.33. The number of dihydropyridines is 1. The lowest BCUT2D eigenvalue weighted by molar-refractivity contribution is -0.135. The number of hydrogen-bond donors (Lipinski definition) is 3. The fraction of sp³-hybridized carbons (Fsp3) is 0.389. The molecule has 0 amide bonds. The molecular formula is C18H22N2O3. The summed E-state index contributed by atoms with van der Waals surface area (Å²) in [6, 6.07) is 7.11. The Hall–Kier alpha value is -2.43. The quantitative estimate of drug-likeness (QED) is 0.727. The maximum Gasteiger partial charge on any atom is 0.341 e. The zero-order valence-corrected chi connectivity index (χ0v) is 13.4. The van der Waals surface area contributed by atoms with Gasteiger partial charge in [-0.1, -0.05) is 18.2 Å². The van der Waals surface area contributed by atoms with Crippen LogP contribution in [-0.2, 0) is 15.1 Å². The lowest BCUT2D eigenvalue weighted by Crippen LogP contribution is -2.45. The fourth-order valence-corrected chi connectivity index (χ4v) is 2.69. The summed E-state index contributed by atoms with van der Waals surface area (Å²) in [5.74, 6) is 1.21. The molecule has 3 rings (SSSR count). The molecule has 5 nitrogen and oxygen atoms in total. The number of ether oxygens (including phenoxy) is 1. The summed E-state index contributed by atoms with van der Waals surface area (Å²) >= 11 is 0. The molecule has 1 fully saturated rings. The molecule has 2 aliphatic rings. The van der Waals surface area contributed by atoms with E-state index in [-0.39, 0.29) is 11.7 Å². The van der Waals surface area contributed by atoms with Crippen LogP contribution in [0.2, 0.25) is 0 Å². The van der Waals surface area contributed by atoms with Crippen LogP contribution in [0, 0.1) is 5.92 Å². The number of phenolic OH excluding ortho intramolecular Hbond substituents is 1. The van der Waals surface area contributed by atoms with Gasteiger partial charge in [0.15, 0.2) is 0 Å². The van der Waals surface area contributed by atoms with Crippen molar-refractivity contribution in [3.8, 4) is 5.75 Å². The summed E-state index contributed by atoms with van der Waals surface area (Å²) in [6.07, 6.45) is 6.15. The number of aromatic hydroxyl groups is 1. The molecule has 1 aromatic rings. The Morgan fingerprint density at radius 3 is 2.91 bits per heavy atom. The normalized spacial score (nSPS) is 23.4. The second-order valence-corrected chi connectivity index (χ2v) is 6.32. The molecule has 1 unspecified atom stereocenters. The van der Waals surface area contributed by atoms with Crippen molar-refractivity contribution in [2.75, 3.05) is 13.7 Å². The maximum absolute atomic E-state index is 12.0. The van der Waals surface area contributed by atoms with Gasteiger partial charge in [0.25, 0.3) is 0 Å². The molecule has 1 atom stereocenters. The van der Waals surface area contributed by atoms with E-state index in [2.05, 4.69) is 10.6 Å². The highest BCUT2D eigenvalue weighted by Crippen LogP contribution is 2.31. The summed E-state index contributed by atoms with van der Waals surface area (Å²) < 4.78 is 4.87. The van der Waals surface area contributed by atoms with Gasteiger partial charge in [-0.3, -0.25) is 0 Å². The molecule has 0 radical (unpaired) electrons. The third-order valence-corrected chi connectivity index (χ3v) is 4.35. The van der Waals surface area contributed by atoms with Crippen LogP contribution >= 0.6 is 0 Å². The van der Waals surface area contributed by atoms with Gasteiger partial charge in [-0.2, -0.15) is 0 Å². The van der Waals surface area contributed by atoms with Crippen molar-refractivity contribution >= 4 is 5.97 Å². The van der Waals surface area contributed by atoms with Crippen molar-refractivity contribution in [2.24, 2.45) is 5.92 Å². The van der Waals surface area contributed by atoms with Gasteiger partial charge >= 0.3 is 5.97 Å². The van der Waals surface area contributed by atoms with E-state index >= 15 is 0 Å². The minimum atomic E-state index is -0.512. The number of rotatable bonds is 5. The molecule has 122 valence electrons. The highest BCUT2D eigenvalue weighted by molar-refractivity contribution is 5.92. The number of carbonyl (C=O) groups excluding carboxylic acids is 1. The monoisotopic (exact) mass is 314 g/mol. The topological polar surface area (TPSA) is 70.6 Å². The lowest BCUT2D eigenvalue weighted by Gasteiger charge is -2.34. The van der Waals surface area contributed by atoms with Crippen LogP contribution in [0.4, 0.5) is 0 Å². The number of carbonyl (C=O) groups is 1. The molecular weight excluding hydrogens is 292 g/mol. The predicted octanol–water partition coefficient (Wildman–Crippen LogP) is 2.15. The van der Waals surface area contributed by atoms with E-state index in [1.165, 1.54) is 20.0 Å². The third-order valence-electron chi connectivity index (χ3n) is 4.35. The summed E-state index contributed by atoms with van der Waals surface area (Å²) in [4.78, 5) is 12.0. The van der Waals surface area contributed by atoms with E-state index < -0.39 is 5.54 Å². The predicted molar refractivity (Wildman–Crippen MR) is 87.5 cm³/mol. The SMILES string of the molecule is COC(=O)C1=C(NCC2CC2)NC(C)(c2cccc(O)c2)C=C1. The fourth-order valence-electron chi connectivity index (χ4n) is 2.69. The van der Waals surface area contributed by atoms with E-state index in [1.54, 1.807) is 18.2 Å². The van der Waals surface area contributed by atoms with Gasteiger partial charge in [-0.15, -0.1) is 0 Å². The first-order valence-electron chi connectivity index (χ1n) is 7.85. The van der Waals surface area contributed by atoms with Crippen LogP contribution in [0.1, 0.15) is 25.3 Å². The Morgan fingerprint density at radius 2 is 2.26 bits per heavy atom. The Morgan fingerprint density at radius 1 is 1.48 bits per heavy atom. The second kappa shape index (κ2) is 5.99. The van der Waals surface area contributed by atoms with E-state index in [9.17, 15) is 9.90 Å². The van der Waals surface area contributed by atoms with Gasteiger partial charge < -0.3 is 20.5 Å². The van der Waals surface area contributed by atoms with Gasteiger partial charge in [0.05, 0.1) is 18.2 Å². The summed E-state index contributed by atoms with van der Waals surface area (Å²) in [6.45, 7) is 2.85. The van der Waals surface area contributed by atoms with Gasteiger partial charge in [-0.05, 0) is 49.5 Å². The standard InChI is InChI=1S/C18H22N2O3/c1-18(13-4-3-5-14(21)10-13)9-8-15(17(22)23-2)16(20-18)19-11-12-6-7-12/h3-5,8-10,12,19-21H,6-7,11H2,1-2H3. The zero-order valence-electron chi connectivity index (χ0n) is 13.4. The van der Waals surface area contributed by atoms with Crippen molar-refractivity contribution in [1.29, 1.82) is 0 Å². The van der Waals surface area contributed by atoms with E-state index in [0.29, 0.717) is 17.3 Å². The number of nitrogens with one attached hydrogen (secondary N) is 2. The summed E-state index contributed by atoms with van der Waals surface area (Å²) in [5, 5.41) is 16.5. The highest BCUT2D eigenvalue weighted by Gasteiger charge is 2.32. The number of benzene rings is 1. The number of esters is 1. The molecule has 0 spiro atoms. The van der Waals surface area contributed by atoms with Crippen LogP contribution in [0.15, 0.2) is 47.8 Å². The van der Waals surface area contributed by atoms with Gasteiger partial charge in [0.1, 0.15) is 11.6 Å². The van der Waals surface area contributed by atoms with Gasteiger partial charge in [-0.25, -0.2) is 4.79 Å². The Kier molecular flexibility index (Phi) is 4.03. The van der Waals surface area contributed by atoms with Crippen molar-refractivity contribution in [3.05, 3.63) is 53.4 Å². The van der Waals surface area contributed by atoms with Crippen molar-refractivity contribution in [3.63, 3.8) is 0 Å². The van der Waals surface area contributed by atoms with Crippen LogP contribution in [0.3, 0.4) is 0 Å². The average molecular weight is 314 g/mol. The highest BCUT2D eigenvalue weighted by atomic mass is 16.5. The maximum atomic E-state index is 12.0. The summed E-state index contributed by atoms with van der Waals surface area (Å²) in [7, 11) is 1.38. The van der Waals surface area contributed by atoms with Crippen molar-refractivity contribution < 1.29 is 14.6 Å². The van der Waals surface area contributed by atoms with E-state index in [1.807, 2.05) is 25.1 Å². The molecule has 0 aromatic heterocycles. The van der Waals surface area contributed by atoms with Crippen molar-refractivity contribution in [2.45, 2.75) is 25.3 Å². The van der Waals surface area contributed by atoms with E-state index in [0.717, 1.165) is 12.1 Å². The first-order valence-corrected chi connectivity index (χ1v) is 7.85. The second-order valence-electron chi connectivity index (χ2n) is 6.32. The lowest BCUT2D eigenvalue weighted by atomic mass is 9.88.